The SMILES string of the molecule is CCCCCCC/C=C\C/C=C\C/C=C\CCCCCCCCCCCCCCCCC(=O)NC(COC1OC(CO)C(O)C(O)C1O)C(O)/C=C/CC/C=C/CCCCCCCCCCCCCC. The van der Waals surface area contributed by atoms with Crippen LogP contribution in [0.15, 0.2) is 60.8 Å². The number of aliphatic hydroxyl groups is 5. The molecule has 70 heavy (non-hydrogen) atoms. The van der Waals surface area contributed by atoms with Crippen molar-refractivity contribution < 1.29 is 39.8 Å². The molecule has 7 unspecified atom stereocenters. The molecule has 0 aromatic heterocycles. The summed E-state index contributed by atoms with van der Waals surface area (Å²) in [6.45, 7) is 3.77. The number of allylic oxidation sites excluding steroid dienone is 9. The van der Waals surface area contributed by atoms with E-state index < -0.39 is 49.5 Å². The van der Waals surface area contributed by atoms with E-state index in [1.54, 1.807) is 6.08 Å². The van der Waals surface area contributed by atoms with Gasteiger partial charge in [-0.2, -0.15) is 0 Å². The minimum absolute atomic E-state index is 0.187. The monoisotopic (exact) mass is 986 g/mol. The largest absolute Gasteiger partial charge is 0.394 e. The van der Waals surface area contributed by atoms with E-state index in [4.69, 9.17) is 9.47 Å². The summed E-state index contributed by atoms with van der Waals surface area (Å²) < 4.78 is 11.3. The van der Waals surface area contributed by atoms with Gasteiger partial charge in [0.05, 0.1) is 25.4 Å². The van der Waals surface area contributed by atoms with Gasteiger partial charge in [0.2, 0.25) is 5.91 Å². The van der Waals surface area contributed by atoms with Crippen LogP contribution in [0.1, 0.15) is 264 Å². The van der Waals surface area contributed by atoms with E-state index in [0.717, 1.165) is 51.4 Å². The van der Waals surface area contributed by atoms with Gasteiger partial charge in [0.1, 0.15) is 24.4 Å². The van der Waals surface area contributed by atoms with E-state index in [1.165, 1.54) is 193 Å². The molecule has 1 heterocycles. The first-order valence-corrected chi connectivity index (χ1v) is 29.5. The second-order valence-electron chi connectivity index (χ2n) is 20.4. The molecule has 6 N–H and O–H groups in total. The molecule has 9 heteroatoms. The fourth-order valence-corrected chi connectivity index (χ4v) is 9.12. The molecule has 0 saturated carbocycles. The standard InChI is InChI=1S/C61H111NO8/c1-3-5-7-9-11-13-15-17-19-21-23-24-25-26-27-28-29-30-31-32-33-35-37-39-41-43-45-47-49-51-57(65)62-54(53-69-61-60(68)59(67)58(66)56(52-63)70-61)55(64)50-48-46-44-42-40-38-36-34-22-20-18-16-14-12-10-8-6-4-2/h15,17,21,23,25-26,40,42,48,50,54-56,58-61,63-64,66-68H,3-14,16,18-20,22,24,27-39,41,43-47,49,51-53H2,1-2H3,(H,62,65)/b17-15-,23-21-,26-25-,42-40+,50-48+. The first kappa shape index (κ1) is 65.9. The number of hydrogen-bond acceptors (Lipinski definition) is 8. The van der Waals surface area contributed by atoms with Gasteiger partial charge in [0.25, 0.3) is 0 Å². The van der Waals surface area contributed by atoms with Crippen LogP contribution in [0.25, 0.3) is 0 Å². The zero-order chi connectivity index (χ0) is 50.8. The van der Waals surface area contributed by atoms with E-state index in [2.05, 4.69) is 67.8 Å². The van der Waals surface area contributed by atoms with Gasteiger partial charge in [-0.05, 0) is 70.6 Å². The van der Waals surface area contributed by atoms with Crippen molar-refractivity contribution in [2.24, 2.45) is 0 Å². The Hall–Kier alpha value is -2.11. The second-order valence-corrected chi connectivity index (χ2v) is 20.4. The molecule has 1 rings (SSSR count). The van der Waals surface area contributed by atoms with Crippen LogP contribution in [-0.4, -0.2) is 87.5 Å². The quantitative estimate of drug-likeness (QED) is 0.0261. The van der Waals surface area contributed by atoms with Crippen LogP contribution >= 0.6 is 0 Å². The molecular formula is C61H111NO8. The van der Waals surface area contributed by atoms with E-state index >= 15 is 0 Å². The summed E-state index contributed by atoms with van der Waals surface area (Å²) in [5, 5.41) is 54.5. The van der Waals surface area contributed by atoms with Gasteiger partial charge < -0.3 is 40.3 Å². The summed E-state index contributed by atoms with van der Waals surface area (Å²) in [5.41, 5.74) is 0. The predicted octanol–water partition coefficient (Wildman–Crippen LogP) is 14.7. The number of ether oxygens (including phenoxy) is 2. The van der Waals surface area contributed by atoms with Crippen molar-refractivity contribution in [1.82, 2.24) is 5.32 Å². The number of rotatable bonds is 50. The molecule has 1 aliphatic rings. The third-order valence-corrected chi connectivity index (χ3v) is 13.8. The van der Waals surface area contributed by atoms with Crippen molar-refractivity contribution in [3.8, 4) is 0 Å². The number of carbonyl (C=O) groups is 1. The van der Waals surface area contributed by atoms with Gasteiger partial charge in [0, 0.05) is 6.42 Å². The summed E-state index contributed by atoms with van der Waals surface area (Å²) in [6.07, 6.45) is 61.4. The number of amides is 1. The number of nitrogens with one attached hydrogen (secondary N) is 1. The first-order valence-electron chi connectivity index (χ1n) is 29.5. The van der Waals surface area contributed by atoms with Crippen LogP contribution < -0.4 is 5.32 Å². The molecule has 1 saturated heterocycles. The highest BCUT2D eigenvalue weighted by Gasteiger charge is 2.44. The van der Waals surface area contributed by atoms with Crippen LogP contribution in [0.4, 0.5) is 0 Å². The zero-order valence-corrected chi connectivity index (χ0v) is 45.3. The molecule has 408 valence electrons. The Balaban J connectivity index is 2.21. The van der Waals surface area contributed by atoms with Gasteiger partial charge in [-0.15, -0.1) is 0 Å². The molecule has 0 aromatic rings. The number of carbonyl (C=O) groups excluding carboxylic acids is 1. The van der Waals surface area contributed by atoms with Gasteiger partial charge >= 0.3 is 0 Å². The maximum Gasteiger partial charge on any atom is 0.220 e. The lowest BCUT2D eigenvalue weighted by Gasteiger charge is -2.40. The Labute approximate surface area is 430 Å². The summed E-state index contributed by atoms with van der Waals surface area (Å²) in [5.74, 6) is -0.187. The fraction of sp³-hybridized carbons (Fsp3) is 0.820. The maximum absolute atomic E-state index is 13.1. The van der Waals surface area contributed by atoms with Crippen molar-refractivity contribution >= 4 is 5.91 Å². The molecule has 0 aliphatic carbocycles. The lowest BCUT2D eigenvalue weighted by atomic mass is 9.99. The summed E-state index contributed by atoms with van der Waals surface area (Å²) >= 11 is 0. The Morgan fingerprint density at radius 3 is 1.30 bits per heavy atom. The lowest BCUT2D eigenvalue weighted by Crippen LogP contribution is -2.60. The Bertz CT molecular complexity index is 1280. The minimum atomic E-state index is -1.57. The highest BCUT2D eigenvalue weighted by atomic mass is 16.7. The molecule has 1 amide bonds. The predicted molar refractivity (Wildman–Crippen MR) is 295 cm³/mol. The second kappa shape index (κ2) is 50.4. The summed E-state index contributed by atoms with van der Waals surface area (Å²) in [7, 11) is 0. The lowest BCUT2D eigenvalue weighted by molar-refractivity contribution is -0.302. The third kappa shape index (κ3) is 39.4. The van der Waals surface area contributed by atoms with Crippen LogP contribution in [0.2, 0.25) is 0 Å². The van der Waals surface area contributed by atoms with E-state index in [0.29, 0.717) is 6.42 Å². The number of unbranched alkanes of at least 4 members (excludes halogenated alkanes) is 32. The molecular weight excluding hydrogens is 875 g/mol. The Kier molecular flexibility index (Phi) is 47.5. The topological polar surface area (TPSA) is 149 Å². The van der Waals surface area contributed by atoms with Crippen LogP contribution in [0.5, 0.6) is 0 Å². The van der Waals surface area contributed by atoms with Crippen LogP contribution in [-0.2, 0) is 14.3 Å². The van der Waals surface area contributed by atoms with E-state index in [-0.39, 0.29) is 12.5 Å². The number of aliphatic hydroxyl groups excluding tert-OH is 5. The third-order valence-electron chi connectivity index (χ3n) is 13.8. The molecule has 0 radical (unpaired) electrons. The first-order chi connectivity index (χ1) is 34.3. The van der Waals surface area contributed by atoms with Gasteiger partial charge in [-0.25, -0.2) is 0 Å². The zero-order valence-electron chi connectivity index (χ0n) is 45.3. The average molecular weight is 987 g/mol. The van der Waals surface area contributed by atoms with Crippen molar-refractivity contribution in [3.05, 3.63) is 60.8 Å². The van der Waals surface area contributed by atoms with Crippen molar-refractivity contribution in [1.29, 1.82) is 0 Å². The molecule has 0 bridgehead atoms. The normalized spacial score (nSPS) is 19.8. The molecule has 0 aromatic carbocycles. The van der Waals surface area contributed by atoms with E-state index in [9.17, 15) is 30.3 Å². The molecule has 0 spiro atoms. The molecule has 1 aliphatic heterocycles. The smallest absolute Gasteiger partial charge is 0.220 e. The summed E-state index contributed by atoms with van der Waals surface area (Å²) in [4.78, 5) is 13.1. The van der Waals surface area contributed by atoms with Gasteiger partial charge in [0.15, 0.2) is 6.29 Å². The molecule has 7 atom stereocenters. The Morgan fingerprint density at radius 1 is 0.486 bits per heavy atom. The molecule has 9 nitrogen and oxygen atoms in total. The minimum Gasteiger partial charge on any atom is -0.394 e. The van der Waals surface area contributed by atoms with Crippen molar-refractivity contribution in [2.45, 2.75) is 307 Å². The summed E-state index contributed by atoms with van der Waals surface area (Å²) in [6, 6.07) is -0.824. The molecule has 1 fully saturated rings. The van der Waals surface area contributed by atoms with Crippen LogP contribution in [0.3, 0.4) is 0 Å². The highest BCUT2D eigenvalue weighted by Crippen LogP contribution is 2.23. The van der Waals surface area contributed by atoms with Gasteiger partial charge in [-0.3, -0.25) is 4.79 Å². The van der Waals surface area contributed by atoms with E-state index in [1.807, 2.05) is 6.08 Å². The van der Waals surface area contributed by atoms with Crippen molar-refractivity contribution in [2.75, 3.05) is 13.2 Å². The van der Waals surface area contributed by atoms with Gasteiger partial charge in [-0.1, -0.05) is 248 Å². The van der Waals surface area contributed by atoms with Crippen molar-refractivity contribution in [3.63, 3.8) is 0 Å². The van der Waals surface area contributed by atoms with Crippen LogP contribution in [0, 0.1) is 0 Å². The fourth-order valence-electron chi connectivity index (χ4n) is 9.12. The Morgan fingerprint density at radius 2 is 0.857 bits per heavy atom. The highest BCUT2D eigenvalue weighted by molar-refractivity contribution is 5.76. The number of hydrogen-bond donors (Lipinski definition) is 6. The maximum atomic E-state index is 13.1. The average Bonchev–Trinajstić information content (AvgIpc) is 3.36.